The van der Waals surface area contributed by atoms with E-state index in [-0.39, 0.29) is 17.5 Å². The summed E-state index contributed by atoms with van der Waals surface area (Å²) in [6.45, 7) is 3.34. The van der Waals surface area contributed by atoms with E-state index in [1.807, 2.05) is 6.92 Å². The zero-order valence-corrected chi connectivity index (χ0v) is 9.56. The molecule has 4 nitrogen and oxygen atoms in total. The quantitative estimate of drug-likeness (QED) is 0.605. The van der Waals surface area contributed by atoms with Gasteiger partial charge in [0.2, 0.25) is 0 Å². The zero-order valence-electron chi connectivity index (χ0n) is 9.56. The number of nitrogens with two attached hydrogens (primary N) is 1. The molecule has 0 saturated heterocycles. The summed E-state index contributed by atoms with van der Waals surface area (Å²) in [4.78, 5) is 10.7. The Morgan fingerprint density at radius 1 is 1.56 bits per heavy atom. The van der Waals surface area contributed by atoms with Gasteiger partial charge in [0.1, 0.15) is 0 Å². The number of carbonyl (C=O) groups excluding carboxylic acids is 1. The minimum absolute atomic E-state index is 0.0562. The molecule has 88 valence electrons. The number of ether oxygens (including phenoxy) is 1. The lowest BCUT2D eigenvalue weighted by Gasteiger charge is -2.12. The first-order valence-electron chi connectivity index (χ1n) is 5.31. The van der Waals surface area contributed by atoms with Gasteiger partial charge >= 0.3 is 5.97 Å². The lowest BCUT2D eigenvalue weighted by Crippen LogP contribution is -2.09. The molecule has 0 heterocycles. The van der Waals surface area contributed by atoms with Crippen LogP contribution in [0.3, 0.4) is 0 Å². The van der Waals surface area contributed by atoms with Crippen LogP contribution >= 0.6 is 0 Å². The molecule has 0 aromatic heterocycles. The summed E-state index contributed by atoms with van der Waals surface area (Å²) in [7, 11) is 0. The van der Waals surface area contributed by atoms with Gasteiger partial charge in [-0.15, -0.1) is 0 Å². The average molecular weight is 223 g/mol. The Morgan fingerprint density at radius 3 is 2.75 bits per heavy atom. The number of hydrogen-bond acceptors (Lipinski definition) is 4. The largest absolute Gasteiger partial charge is 0.504 e. The highest BCUT2D eigenvalue weighted by Crippen LogP contribution is 2.29. The molecule has 0 aliphatic rings. The van der Waals surface area contributed by atoms with E-state index in [4.69, 9.17) is 10.5 Å². The molecule has 0 fully saturated rings. The minimum Gasteiger partial charge on any atom is -0.504 e. The number of esters is 1. The maximum Gasteiger partial charge on any atom is 0.308 e. The number of aromatic hydroxyl groups is 1. The Kier molecular flexibility index (Phi) is 4.31. The van der Waals surface area contributed by atoms with E-state index in [9.17, 15) is 9.90 Å². The Hall–Kier alpha value is -1.55. The van der Waals surface area contributed by atoms with Crippen LogP contribution in [0.2, 0.25) is 0 Å². The molecule has 0 radical (unpaired) electrons. The van der Waals surface area contributed by atoms with E-state index in [0.29, 0.717) is 0 Å². The van der Waals surface area contributed by atoms with Crippen molar-refractivity contribution in [2.24, 2.45) is 5.73 Å². The predicted octanol–water partition coefficient (Wildman–Crippen LogP) is 2.12. The molecular formula is C12H17NO3. The molecule has 1 atom stereocenters. The minimum atomic E-state index is -0.457. The standard InChI is InChI=1S/C12H17NO3/c1-3-4-10(13)9-5-6-12(11(15)7-9)16-8(2)14/h5-7,10,15H,3-4,13H2,1-2H3/t10-/m0/s1. The van der Waals surface area contributed by atoms with Crippen LogP contribution in [0.15, 0.2) is 18.2 Å². The molecule has 1 rings (SSSR count). The molecule has 0 aliphatic carbocycles. The number of rotatable bonds is 4. The summed E-state index contributed by atoms with van der Waals surface area (Å²) >= 11 is 0. The molecule has 0 amide bonds. The fourth-order valence-corrected chi connectivity index (χ4v) is 1.48. The summed E-state index contributed by atoms with van der Waals surface area (Å²) in [5.41, 5.74) is 6.75. The van der Waals surface area contributed by atoms with E-state index in [2.05, 4.69) is 0 Å². The van der Waals surface area contributed by atoms with E-state index >= 15 is 0 Å². The summed E-state index contributed by atoms with van der Waals surface area (Å²) in [5.74, 6) is -0.347. The second-order valence-electron chi connectivity index (χ2n) is 3.72. The van der Waals surface area contributed by atoms with Crippen molar-refractivity contribution in [3.63, 3.8) is 0 Å². The van der Waals surface area contributed by atoms with E-state index in [1.165, 1.54) is 6.92 Å². The molecule has 1 aromatic rings. The van der Waals surface area contributed by atoms with Gasteiger partial charge in [-0.3, -0.25) is 4.79 Å². The third kappa shape index (κ3) is 3.24. The van der Waals surface area contributed by atoms with Crippen molar-refractivity contribution in [1.29, 1.82) is 0 Å². The number of phenolic OH excluding ortho intramolecular Hbond substituents is 1. The van der Waals surface area contributed by atoms with Crippen molar-refractivity contribution in [3.8, 4) is 11.5 Å². The Morgan fingerprint density at radius 2 is 2.25 bits per heavy atom. The van der Waals surface area contributed by atoms with Crippen LogP contribution in [0.5, 0.6) is 11.5 Å². The van der Waals surface area contributed by atoms with Gasteiger partial charge < -0.3 is 15.6 Å². The van der Waals surface area contributed by atoms with Gasteiger partial charge in [0.15, 0.2) is 11.5 Å². The van der Waals surface area contributed by atoms with E-state index < -0.39 is 5.97 Å². The summed E-state index contributed by atoms with van der Waals surface area (Å²) in [6.07, 6.45) is 1.83. The van der Waals surface area contributed by atoms with Gasteiger partial charge in [0, 0.05) is 13.0 Å². The van der Waals surface area contributed by atoms with Gasteiger partial charge in [0.05, 0.1) is 0 Å². The number of hydrogen-bond donors (Lipinski definition) is 2. The van der Waals surface area contributed by atoms with E-state index in [1.54, 1.807) is 18.2 Å². The third-order valence-corrected chi connectivity index (χ3v) is 2.26. The molecule has 3 N–H and O–H groups in total. The molecule has 0 unspecified atom stereocenters. The lowest BCUT2D eigenvalue weighted by molar-refractivity contribution is -0.132. The molecule has 1 aromatic carbocycles. The number of benzene rings is 1. The van der Waals surface area contributed by atoms with Crippen molar-refractivity contribution in [2.45, 2.75) is 32.7 Å². The van der Waals surface area contributed by atoms with Crippen molar-refractivity contribution < 1.29 is 14.6 Å². The van der Waals surface area contributed by atoms with Crippen LogP contribution in [0.25, 0.3) is 0 Å². The lowest BCUT2D eigenvalue weighted by atomic mass is 10.0. The molecule has 0 bridgehead atoms. The summed E-state index contributed by atoms with van der Waals surface area (Å²) in [5, 5.41) is 9.62. The fraction of sp³-hybridized carbons (Fsp3) is 0.417. The second-order valence-corrected chi connectivity index (χ2v) is 3.72. The van der Waals surface area contributed by atoms with Gasteiger partial charge in [0.25, 0.3) is 0 Å². The van der Waals surface area contributed by atoms with Crippen molar-refractivity contribution in [3.05, 3.63) is 23.8 Å². The van der Waals surface area contributed by atoms with Crippen molar-refractivity contribution in [2.75, 3.05) is 0 Å². The third-order valence-electron chi connectivity index (χ3n) is 2.26. The predicted molar refractivity (Wildman–Crippen MR) is 61.3 cm³/mol. The highest BCUT2D eigenvalue weighted by molar-refractivity contribution is 5.70. The first kappa shape index (κ1) is 12.5. The fourth-order valence-electron chi connectivity index (χ4n) is 1.48. The molecule has 4 heteroatoms. The van der Waals surface area contributed by atoms with Crippen LogP contribution in [0.4, 0.5) is 0 Å². The maximum absolute atomic E-state index is 10.7. The smallest absolute Gasteiger partial charge is 0.308 e. The molecule has 0 saturated carbocycles. The normalized spacial score (nSPS) is 12.2. The molecule has 0 aliphatic heterocycles. The highest BCUT2D eigenvalue weighted by Gasteiger charge is 2.10. The van der Waals surface area contributed by atoms with Gasteiger partial charge in [-0.2, -0.15) is 0 Å². The van der Waals surface area contributed by atoms with Crippen molar-refractivity contribution in [1.82, 2.24) is 0 Å². The number of phenols is 1. The highest BCUT2D eigenvalue weighted by atomic mass is 16.5. The molecule has 0 spiro atoms. The SMILES string of the molecule is CCC[C@H](N)c1ccc(OC(C)=O)c(O)c1. The first-order chi connectivity index (χ1) is 7.54. The van der Waals surface area contributed by atoms with Crippen LogP contribution < -0.4 is 10.5 Å². The second kappa shape index (κ2) is 5.51. The topological polar surface area (TPSA) is 72.5 Å². The first-order valence-corrected chi connectivity index (χ1v) is 5.31. The number of carbonyl (C=O) groups is 1. The van der Waals surface area contributed by atoms with Crippen LogP contribution in [-0.2, 0) is 4.79 Å². The van der Waals surface area contributed by atoms with Gasteiger partial charge in [-0.05, 0) is 24.1 Å². The summed E-state index contributed by atoms with van der Waals surface area (Å²) < 4.78 is 4.81. The summed E-state index contributed by atoms with van der Waals surface area (Å²) in [6, 6.07) is 4.76. The van der Waals surface area contributed by atoms with Gasteiger partial charge in [-0.25, -0.2) is 0 Å². The Labute approximate surface area is 95.0 Å². The van der Waals surface area contributed by atoms with Gasteiger partial charge in [-0.1, -0.05) is 19.4 Å². The van der Waals surface area contributed by atoms with Crippen LogP contribution in [0.1, 0.15) is 38.3 Å². The Balaban J connectivity index is 2.85. The van der Waals surface area contributed by atoms with Crippen LogP contribution in [-0.4, -0.2) is 11.1 Å². The van der Waals surface area contributed by atoms with E-state index in [0.717, 1.165) is 18.4 Å². The molecular weight excluding hydrogens is 206 g/mol. The molecule has 16 heavy (non-hydrogen) atoms. The maximum atomic E-state index is 10.7. The monoisotopic (exact) mass is 223 g/mol. The van der Waals surface area contributed by atoms with Crippen molar-refractivity contribution >= 4 is 5.97 Å². The average Bonchev–Trinajstić information content (AvgIpc) is 2.20. The Bertz CT molecular complexity index is 377. The zero-order chi connectivity index (χ0) is 12.1. The van der Waals surface area contributed by atoms with Crippen LogP contribution in [0, 0.1) is 0 Å².